The minimum absolute atomic E-state index is 0.0959. The fourth-order valence-corrected chi connectivity index (χ4v) is 1.50. The van der Waals surface area contributed by atoms with Crippen LogP contribution in [0.25, 0.3) is 0 Å². The first-order chi connectivity index (χ1) is 8.20. The van der Waals surface area contributed by atoms with Crippen molar-refractivity contribution in [1.82, 2.24) is 0 Å². The van der Waals surface area contributed by atoms with Crippen LogP contribution in [0.3, 0.4) is 0 Å². The monoisotopic (exact) mass is 250 g/mol. The van der Waals surface area contributed by atoms with E-state index < -0.39 is 0 Å². The van der Waals surface area contributed by atoms with Gasteiger partial charge in [0.05, 0.1) is 0 Å². The van der Waals surface area contributed by atoms with Crippen molar-refractivity contribution in [1.29, 1.82) is 0 Å². The SMILES string of the molecule is Cc1cc(O)ccc1NC(=O)CC(N)C(C)(C)C. The first-order valence-electron chi connectivity index (χ1n) is 6.05. The van der Waals surface area contributed by atoms with Gasteiger partial charge in [-0.05, 0) is 36.1 Å². The molecule has 0 aliphatic carbocycles. The van der Waals surface area contributed by atoms with Gasteiger partial charge in [0.15, 0.2) is 0 Å². The second kappa shape index (κ2) is 5.40. The highest BCUT2D eigenvalue weighted by atomic mass is 16.3. The highest BCUT2D eigenvalue weighted by Gasteiger charge is 2.23. The van der Waals surface area contributed by atoms with Crippen LogP contribution < -0.4 is 11.1 Å². The average molecular weight is 250 g/mol. The largest absolute Gasteiger partial charge is 0.508 e. The zero-order valence-corrected chi connectivity index (χ0v) is 11.4. The highest BCUT2D eigenvalue weighted by molar-refractivity contribution is 5.92. The Morgan fingerprint density at radius 3 is 2.56 bits per heavy atom. The van der Waals surface area contributed by atoms with Crippen molar-refractivity contribution in [2.75, 3.05) is 5.32 Å². The molecule has 0 aromatic heterocycles. The van der Waals surface area contributed by atoms with Crippen LogP contribution in [0.5, 0.6) is 5.75 Å². The van der Waals surface area contributed by atoms with Gasteiger partial charge in [-0.15, -0.1) is 0 Å². The van der Waals surface area contributed by atoms with E-state index in [0.717, 1.165) is 5.56 Å². The van der Waals surface area contributed by atoms with Crippen LogP contribution in [0.15, 0.2) is 18.2 Å². The van der Waals surface area contributed by atoms with Crippen LogP contribution in [0.1, 0.15) is 32.8 Å². The number of aromatic hydroxyl groups is 1. The number of hydrogen-bond acceptors (Lipinski definition) is 3. The number of benzene rings is 1. The van der Waals surface area contributed by atoms with Crippen molar-refractivity contribution >= 4 is 11.6 Å². The van der Waals surface area contributed by atoms with Crippen molar-refractivity contribution in [3.63, 3.8) is 0 Å². The summed E-state index contributed by atoms with van der Waals surface area (Å²) in [5.41, 5.74) is 7.40. The molecule has 4 N–H and O–H groups in total. The van der Waals surface area contributed by atoms with Crippen LogP contribution in [0, 0.1) is 12.3 Å². The van der Waals surface area contributed by atoms with E-state index in [4.69, 9.17) is 5.73 Å². The van der Waals surface area contributed by atoms with Crippen molar-refractivity contribution in [2.45, 2.75) is 40.2 Å². The molecule has 18 heavy (non-hydrogen) atoms. The molecule has 4 nitrogen and oxygen atoms in total. The Hall–Kier alpha value is -1.55. The van der Waals surface area contributed by atoms with Gasteiger partial charge in [-0.3, -0.25) is 4.79 Å². The molecule has 100 valence electrons. The summed E-state index contributed by atoms with van der Waals surface area (Å²) in [5.74, 6) is 0.0862. The molecule has 0 fully saturated rings. The van der Waals surface area contributed by atoms with Gasteiger partial charge in [-0.1, -0.05) is 20.8 Å². The van der Waals surface area contributed by atoms with Crippen LogP contribution in [-0.4, -0.2) is 17.1 Å². The molecule has 0 aliphatic heterocycles. The Kier molecular flexibility index (Phi) is 4.35. The predicted molar refractivity (Wildman–Crippen MR) is 73.5 cm³/mol. The molecule has 1 atom stereocenters. The molecule has 1 unspecified atom stereocenters. The maximum Gasteiger partial charge on any atom is 0.225 e. The second-order valence-electron chi connectivity index (χ2n) is 5.72. The third kappa shape index (κ3) is 4.04. The third-order valence-corrected chi connectivity index (χ3v) is 3.00. The van der Waals surface area contributed by atoms with Crippen LogP contribution in [-0.2, 0) is 4.79 Å². The molecule has 0 bridgehead atoms. The minimum Gasteiger partial charge on any atom is -0.508 e. The third-order valence-electron chi connectivity index (χ3n) is 3.00. The van der Waals surface area contributed by atoms with Crippen molar-refractivity contribution in [2.24, 2.45) is 11.1 Å². The number of carbonyl (C=O) groups excluding carboxylic acids is 1. The lowest BCUT2D eigenvalue weighted by Gasteiger charge is -2.26. The lowest BCUT2D eigenvalue weighted by atomic mass is 9.85. The Morgan fingerprint density at radius 2 is 2.06 bits per heavy atom. The van der Waals surface area contributed by atoms with Crippen molar-refractivity contribution in [3.8, 4) is 5.75 Å². The molecule has 0 saturated carbocycles. The number of phenolic OH excluding ortho intramolecular Hbond substituents is 1. The number of anilines is 1. The van der Waals surface area contributed by atoms with Gasteiger partial charge >= 0.3 is 0 Å². The van der Waals surface area contributed by atoms with Gasteiger partial charge in [0, 0.05) is 18.2 Å². The Balaban J connectivity index is 2.65. The van der Waals surface area contributed by atoms with Gasteiger partial charge in [0.25, 0.3) is 0 Å². The summed E-state index contributed by atoms with van der Waals surface area (Å²) in [5, 5.41) is 12.1. The molecule has 1 rings (SSSR count). The molecule has 0 aliphatic rings. The van der Waals surface area contributed by atoms with Crippen LogP contribution >= 0.6 is 0 Å². The molecular weight excluding hydrogens is 228 g/mol. The number of amides is 1. The van der Waals surface area contributed by atoms with E-state index in [2.05, 4.69) is 5.32 Å². The summed E-state index contributed by atoms with van der Waals surface area (Å²) in [4.78, 5) is 11.9. The van der Waals surface area contributed by atoms with Gasteiger partial charge < -0.3 is 16.2 Å². The zero-order valence-electron chi connectivity index (χ0n) is 11.4. The zero-order chi connectivity index (χ0) is 13.9. The molecular formula is C14H22N2O2. The fraction of sp³-hybridized carbons (Fsp3) is 0.500. The number of hydrogen-bond donors (Lipinski definition) is 3. The van der Waals surface area contributed by atoms with Gasteiger partial charge in [-0.25, -0.2) is 0 Å². The first kappa shape index (κ1) is 14.5. The van der Waals surface area contributed by atoms with Crippen LogP contribution in [0.2, 0.25) is 0 Å². The number of rotatable bonds is 3. The summed E-state index contributed by atoms with van der Waals surface area (Å²) in [6, 6.07) is 4.66. The van der Waals surface area contributed by atoms with Crippen molar-refractivity contribution < 1.29 is 9.90 Å². The minimum atomic E-state index is -0.185. The second-order valence-corrected chi connectivity index (χ2v) is 5.72. The number of carbonyl (C=O) groups is 1. The summed E-state index contributed by atoms with van der Waals surface area (Å²) in [6.07, 6.45) is 0.282. The maximum absolute atomic E-state index is 11.9. The Morgan fingerprint density at radius 1 is 1.44 bits per heavy atom. The maximum atomic E-state index is 11.9. The van der Waals surface area contributed by atoms with E-state index in [1.54, 1.807) is 18.2 Å². The van der Waals surface area contributed by atoms with E-state index in [0.29, 0.717) is 5.69 Å². The van der Waals surface area contributed by atoms with Gasteiger partial charge in [0.1, 0.15) is 5.75 Å². The summed E-state index contributed by atoms with van der Waals surface area (Å²) in [7, 11) is 0. The molecule has 0 saturated heterocycles. The fourth-order valence-electron chi connectivity index (χ4n) is 1.50. The topological polar surface area (TPSA) is 75.3 Å². The van der Waals surface area contributed by atoms with E-state index in [9.17, 15) is 9.90 Å². The first-order valence-corrected chi connectivity index (χ1v) is 6.05. The quantitative estimate of drug-likeness (QED) is 0.721. The van der Waals surface area contributed by atoms with E-state index >= 15 is 0 Å². The predicted octanol–water partition coefficient (Wildman–Crippen LogP) is 2.40. The van der Waals surface area contributed by atoms with E-state index in [-0.39, 0.29) is 29.5 Å². The summed E-state index contributed by atoms with van der Waals surface area (Å²) < 4.78 is 0. The lowest BCUT2D eigenvalue weighted by Crippen LogP contribution is -2.38. The standard InChI is InChI=1S/C14H22N2O2/c1-9-7-10(17)5-6-11(9)16-13(18)8-12(15)14(2,3)4/h5-7,12,17H,8,15H2,1-4H3,(H,16,18). The molecule has 1 aromatic carbocycles. The Labute approximate surface area is 108 Å². The number of nitrogens with one attached hydrogen (secondary N) is 1. The smallest absolute Gasteiger partial charge is 0.225 e. The summed E-state index contributed by atoms with van der Waals surface area (Å²) >= 11 is 0. The van der Waals surface area contributed by atoms with Crippen molar-refractivity contribution in [3.05, 3.63) is 23.8 Å². The molecule has 0 spiro atoms. The van der Waals surface area contributed by atoms with E-state index in [1.165, 1.54) is 0 Å². The van der Waals surface area contributed by atoms with Gasteiger partial charge in [0.2, 0.25) is 5.91 Å². The molecule has 0 heterocycles. The highest BCUT2D eigenvalue weighted by Crippen LogP contribution is 2.22. The number of phenols is 1. The number of aryl methyl sites for hydroxylation is 1. The van der Waals surface area contributed by atoms with E-state index in [1.807, 2.05) is 27.7 Å². The Bertz CT molecular complexity index is 436. The molecule has 4 heteroatoms. The normalized spacial score (nSPS) is 13.2. The van der Waals surface area contributed by atoms with Crippen LogP contribution in [0.4, 0.5) is 5.69 Å². The molecule has 1 amide bonds. The molecule has 1 aromatic rings. The average Bonchev–Trinajstić information content (AvgIpc) is 2.20. The summed E-state index contributed by atoms with van der Waals surface area (Å²) in [6.45, 7) is 7.86. The van der Waals surface area contributed by atoms with Gasteiger partial charge in [-0.2, -0.15) is 0 Å². The lowest BCUT2D eigenvalue weighted by molar-refractivity contribution is -0.117. The number of nitrogens with two attached hydrogens (primary N) is 1. The molecule has 0 radical (unpaired) electrons.